The van der Waals surface area contributed by atoms with Crippen molar-refractivity contribution in [2.75, 3.05) is 0 Å². The number of hydrogen-bond donors (Lipinski definition) is 0. The zero-order chi connectivity index (χ0) is 9.97. The zero-order valence-corrected chi connectivity index (χ0v) is 9.01. The minimum absolute atomic E-state index is 0.588. The van der Waals surface area contributed by atoms with Crippen molar-refractivity contribution in [3.05, 3.63) is 47.5 Å². The summed E-state index contributed by atoms with van der Waals surface area (Å²) in [4.78, 5) is 0. The number of fused-ring (bicyclic) bond motifs is 1. The van der Waals surface area contributed by atoms with Crippen molar-refractivity contribution >= 4 is 22.4 Å². The van der Waals surface area contributed by atoms with Crippen LogP contribution in [0.5, 0.6) is 0 Å². The van der Waals surface area contributed by atoms with Crippen molar-refractivity contribution in [2.45, 2.75) is 19.2 Å². The minimum atomic E-state index is 0.588. The van der Waals surface area contributed by atoms with E-state index in [0.717, 1.165) is 6.42 Å². The predicted molar refractivity (Wildman–Crippen MR) is 62.9 cm³/mol. The van der Waals surface area contributed by atoms with Gasteiger partial charge < -0.3 is 0 Å². The van der Waals surface area contributed by atoms with E-state index < -0.39 is 0 Å². The van der Waals surface area contributed by atoms with Crippen LogP contribution in [0.4, 0.5) is 0 Å². The lowest BCUT2D eigenvalue weighted by Crippen LogP contribution is -1.87. The molecule has 0 fully saturated rings. The van der Waals surface area contributed by atoms with Crippen molar-refractivity contribution < 1.29 is 0 Å². The quantitative estimate of drug-likeness (QED) is 0.645. The Balaban J connectivity index is 2.78. The van der Waals surface area contributed by atoms with E-state index in [2.05, 4.69) is 43.3 Å². The third-order valence-electron chi connectivity index (χ3n) is 2.63. The molecule has 0 aliphatic heterocycles. The lowest BCUT2D eigenvalue weighted by Gasteiger charge is -2.07. The van der Waals surface area contributed by atoms with Crippen molar-refractivity contribution in [3.63, 3.8) is 0 Å². The van der Waals surface area contributed by atoms with Crippen LogP contribution in [0.3, 0.4) is 0 Å². The van der Waals surface area contributed by atoms with Crippen LogP contribution < -0.4 is 0 Å². The number of rotatable bonds is 2. The second-order valence-electron chi connectivity index (χ2n) is 3.42. The summed E-state index contributed by atoms with van der Waals surface area (Å²) >= 11 is 5.90. The maximum absolute atomic E-state index is 5.90. The first-order valence-corrected chi connectivity index (χ1v) is 5.45. The zero-order valence-electron chi connectivity index (χ0n) is 8.26. The minimum Gasteiger partial charge on any atom is -0.122 e. The smallest absolute Gasteiger partial charge is 0.0480 e. The van der Waals surface area contributed by atoms with E-state index in [0.29, 0.717) is 5.88 Å². The van der Waals surface area contributed by atoms with Gasteiger partial charge in [0.15, 0.2) is 0 Å². The van der Waals surface area contributed by atoms with Gasteiger partial charge in [0.1, 0.15) is 0 Å². The third-order valence-corrected chi connectivity index (χ3v) is 2.92. The number of halogens is 1. The first-order valence-electron chi connectivity index (χ1n) is 4.92. The van der Waals surface area contributed by atoms with Gasteiger partial charge in [0, 0.05) is 5.88 Å². The summed E-state index contributed by atoms with van der Waals surface area (Å²) < 4.78 is 0. The van der Waals surface area contributed by atoms with Crippen molar-refractivity contribution in [1.29, 1.82) is 0 Å². The van der Waals surface area contributed by atoms with Crippen LogP contribution in [0, 0.1) is 0 Å². The monoisotopic (exact) mass is 204 g/mol. The summed E-state index contributed by atoms with van der Waals surface area (Å²) in [5, 5.41) is 2.63. The molecule has 0 unspecified atom stereocenters. The SMILES string of the molecule is CCc1ccc(CCl)c2ccccc12. The fraction of sp³-hybridized carbons (Fsp3) is 0.231. The molecule has 1 heteroatoms. The fourth-order valence-corrected chi connectivity index (χ4v) is 2.08. The largest absolute Gasteiger partial charge is 0.122 e. The van der Waals surface area contributed by atoms with Crippen LogP contribution in [0.2, 0.25) is 0 Å². The van der Waals surface area contributed by atoms with Gasteiger partial charge in [0.2, 0.25) is 0 Å². The molecule has 0 radical (unpaired) electrons. The molecule has 0 N–H and O–H groups in total. The molecule has 2 aromatic rings. The normalized spacial score (nSPS) is 10.7. The van der Waals surface area contributed by atoms with Crippen LogP contribution in [0.15, 0.2) is 36.4 Å². The number of benzene rings is 2. The molecule has 0 aliphatic carbocycles. The first-order chi connectivity index (χ1) is 6.86. The number of aryl methyl sites for hydroxylation is 1. The van der Waals surface area contributed by atoms with Crippen LogP contribution in [0.25, 0.3) is 10.8 Å². The van der Waals surface area contributed by atoms with E-state index in [1.807, 2.05) is 0 Å². The molecule has 14 heavy (non-hydrogen) atoms. The van der Waals surface area contributed by atoms with Gasteiger partial charge >= 0.3 is 0 Å². The van der Waals surface area contributed by atoms with Gasteiger partial charge in [0.25, 0.3) is 0 Å². The molecular formula is C13H13Cl. The first kappa shape index (κ1) is 9.54. The molecule has 2 aromatic carbocycles. The van der Waals surface area contributed by atoms with Crippen molar-refractivity contribution in [1.82, 2.24) is 0 Å². The van der Waals surface area contributed by atoms with E-state index in [9.17, 15) is 0 Å². The van der Waals surface area contributed by atoms with E-state index in [4.69, 9.17) is 11.6 Å². The Morgan fingerprint density at radius 1 is 0.929 bits per heavy atom. The summed E-state index contributed by atoms with van der Waals surface area (Å²) in [7, 11) is 0. The van der Waals surface area contributed by atoms with E-state index in [1.54, 1.807) is 0 Å². The van der Waals surface area contributed by atoms with Crippen LogP contribution in [0.1, 0.15) is 18.1 Å². The van der Waals surface area contributed by atoms with Gasteiger partial charge in [-0.3, -0.25) is 0 Å². The van der Waals surface area contributed by atoms with Crippen molar-refractivity contribution in [3.8, 4) is 0 Å². The highest BCUT2D eigenvalue weighted by molar-refractivity contribution is 6.18. The molecule has 0 aliphatic rings. The van der Waals surface area contributed by atoms with E-state index in [1.165, 1.54) is 21.9 Å². The molecule has 0 aromatic heterocycles. The molecule has 0 atom stereocenters. The Labute approximate surface area is 89.5 Å². The Morgan fingerprint density at radius 2 is 1.50 bits per heavy atom. The third kappa shape index (κ3) is 1.51. The summed E-state index contributed by atoms with van der Waals surface area (Å²) in [6.07, 6.45) is 1.07. The molecule has 0 saturated carbocycles. The molecule has 0 nitrogen and oxygen atoms in total. The molecule has 0 heterocycles. The summed E-state index contributed by atoms with van der Waals surface area (Å²) in [5.74, 6) is 0.588. The summed E-state index contributed by atoms with van der Waals surface area (Å²) in [5.41, 5.74) is 2.62. The molecule has 0 bridgehead atoms. The van der Waals surface area contributed by atoms with E-state index in [-0.39, 0.29) is 0 Å². The fourth-order valence-electron chi connectivity index (χ4n) is 1.85. The van der Waals surface area contributed by atoms with Gasteiger partial charge in [-0.2, -0.15) is 0 Å². The standard InChI is InChI=1S/C13H13Cl/c1-2-10-7-8-11(9-14)13-6-4-3-5-12(10)13/h3-8H,2,9H2,1H3. The Morgan fingerprint density at radius 3 is 2.07 bits per heavy atom. The second kappa shape index (κ2) is 4.02. The summed E-state index contributed by atoms with van der Waals surface area (Å²) in [6.45, 7) is 2.18. The van der Waals surface area contributed by atoms with E-state index >= 15 is 0 Å². The highest BCUT2D eigenvalue weighted by atomic mass is 35.5. The van der Waals surface area contributed by atoms with Crippen LogP contribution in [-0.2, 0) is 12.3 Å². The molecule has 0 amide bonds. The Hall–Kier alpha value is -1.01. The Bertz CT molecular complexity index is 403. The number of hydrogen-bond acceptors (Lipinski definition) is 0. The highest BCUT2D eigenvalue weighted by Crippen LogP contribution is 2.24. The van der Waals surface area contributed by atoms with Gasteiger partial charge in [-0.15, -0.1) is 11.6 Å². The van der Waals surface area contributed by atoms with Crippen molar-refractivity contribution in [2.24, 2.45) is 0 Å². The maximum Gasteiger partial charge on any atom is 0.0480 e. The number of alkyl halides is 1. The second-order valence-corrected chi connectivity index (χ2v) is 3.68. The van der Waals surface area contributed by atoms with Gasteiger partial charge in [0.05, 0.1) is 0 Å². The molecule has 0 saturated heterocycles. The van der Waals surface area contributed by atoms with Gasteiger partial charge in [-0.25, -0.2) is 0 Å². The topological polar surface area (TPSA) is 0 Å². The molecule has 2 rings (SSSR count). The summed E-state index contributed by atoms with van der Waals surface area (Å²) in [6, 6.07) is 12.8. The predicted octanol–water partition coefficient (Wildman–Crippen LogP) is 4.14. The lowest BCUT2D eigenvalue weighted by molar-refractivity contribution is 1.16. The molecular weight excluding hydrogens is 192 g/mol. The molecule has 72 valence electrons. The van der Waals surface area contributed by atoms with Crippen LogP contribution >= 0.6 is 11.6 Å². The average Bonchev–Trinajstić information content (AvgIpc) is 2.27. The van der Waals surface area contributed by atoms with Crippen LogP contribution in [-0.4, -0.2) is 0 Å². The Kier molecular flexibility index (Phi) is 2.74. The lowest BCUT2D eigenvalue weighted by atomic mass is 9.99. The highest BCUT2D eigenvalue weighted by Gasteiger charge is 2.02. The molecule has 0 spiro atoms. The average molecular weight is 205 g/mol. The van der Waals surface area contributed by atoms with Gasteiger partial charge in [-0.1, -0.05) is 43.3 Å². The van der Waals surface area contributed by atoms with Gasteiger partial charge in [-0.05, 0) is 28.3 Å². The maximum atomic E-state index is 5.90.